The van der Waals surface area contributed by atoms with Crippen LogP contribution in [0.3, 0.4) is 0 Å². The fourth-order valence-corrected chi connectivity index (χ4v) is 3.24. The number of ether oxygens (including phenoxy) is 1. The van der Waals surface area contributed by atoms with E-state index in [4.69, 9.17) is 4.74 Å². The second kappa shape index (κ2) is 8.39. The van der Waals surface area contributed by atoms with Crippen LogP contribution in [0.2, 0.25) is 0 Å². The number of amides is 1. The number of hydrogen-bond donors (Lipinski definition) is 1. The van der Waals surface area contributed by atoms with Crippen LogP contribution in [0.1, 0.15) is 38.8 Å². The summed E-state index contributed by atoms with van der Waals surface area (Å²) in [4.78, 5) is 30.1. The van der Waals surface area contributed by atoms with E-state index in [1.165, 1.54) is 10.9 Å². The van der Waals surface area contributed by atoms with E-state index in [2.05, 4.69) is 15.4 Å². The summed E-state index contributed by atoms with van der Waals surface area (Å²) in [6.45, 7) is 5.86. The molecule has 0 aliphatic heterocycles. The molecular formula is C24H22N4O3. The number of benzene rings is 2. The first-order valence-corrected chi connectivity index (χ1v) is 9.98. The topological polar surface area (TPSA) is 86.1 Å². The van der Waals surface area contributed by atoms with Crippen molar-refractivity contribution in [3.05, 3.63) is 83.0 Å². The first-order valence-electron chi connectivity index (χ1n) is 9.98. The Hall–Kier alpha value is -4.00. The number of fused-ring (bicyclic) bond motifs is 1. The number of nitrogens with one attached hydrogen (secondary N) is 1. The number of carbonyl (C=O) groups excluding carboxylic acids is 2. The van der Waals surface area contributed by atoms with Crippen molar-refractivity contribution in [2.45, 2.75) is 20.8 Å². The van der Waals surface area contributed by atoms with Crippen LogP contribution in [0.15, 0.2) is 60.8 Å². The zero-order valence-corrected chi connectivity index (χ0v) is 17.5. The van der Waals surface area contributed by atoms with Crippen LogP contribution >= 0.6 is 0 Å². The van der Waals surface area contributed by atoms with Gasteiger partial charge in [-0.05, 0) is 62.2 Å². The van der Waals surface area contributed by atoms with Gasteiger partial charge in [0.25, 0.3) is 5.91 Å². The van der Waals surface area contributed by atoms with E-state index < -0.39 is 5.97 Å². The van der Waals surface area contributed by atoms with Crippen molar-refractivity contribution in [1.29, 1.82) is 0 Å². The van der Waals surface area contributed by atoms with E-state index in [-0.39, 0.29) is 23.9 Å². The molecule has 0 saturated heterocycles. The van der Waals surface area contributed by atoms with Gasteiger partial charge in [0, 0.05) is 10.9 Å². The van der Waals surface area contributed by atoms with Crippen LogP contribution in [0.4, 0.5) is 5.82 Å². The lowest BCUT2D eigenvalue weighted by Crippen LogP contribution is -2.18. The van der Waals surface area contributed by atoms with E-state index in [0.29, 0.717) is 11.4 Å². The highest BCUT2D eigenvalue weighted by atomic mass is 16.5. The van der Waals surface area contributed by atoms with Gasteiger partial charge in [-0.25, -0.2) is 9.78 Å². The molecule has 4 aromatic rings. The number of aryl methyl sites for hydroxylation is 2. The van der Waals surface area contributed by atoms with E-state index in [1.54, 1.807) is 19.1 Å². The average Bonchev–Trinajstić information content (AvgIpc) is 3.19. The van der Waals surface area contributed by atoms with Gasteiger partial charge < -0.3 is 10.1 Å². The Bertz CT molecular complexity index is 1290. The lowest BCUT2D eigenvalue weighted by Gasteiger charge is -2.12. The molecule has 4 rings (SSSR count). The fraction of sp³-hybridized carbons (Fsp3) is 0.167. The first kappa shape index (κ1) is 20.3. The molecule has 0 atom stereocenters. The van der Waals surface area contributed by atoms with Gasteiger partial charge in [0.2, 0.25) is 0 Å². The van der Waals surface area contributed by atoms with Crippen molar-refractivity contribution in [1.82, 2.24) is 14.8 Å². The van der Waals surface area contributed by atoms with Gasteiger partial charge in [0.1, 0.15) is 5.56 Å². The Morgan fingerprint density at radius 2 is 1.84 bits per heavy atom. The van der Waals surface area contributed by atoms with Crippen molar-refractivity contribution < 1.29 is 14.3 Å². The molecule has 2 aromatic carbocycles. The standard InChI is InChI=1S/C24H22N4O3/c1-4-31-24(30)19-14-25-28(21-12-11-17-7-5-6-8-20(17)26-21)22(19)27-23(29)18-10-9-15(2)16(3)13-18/h5-14H,4H2,1-3H3,(H,27,29). The van der Waals surface area contributed by atoms with Crippen LogP contribution in [0.25, 0.3) is 16.7 Å². The maximum absolute atomic E-state index is 13.0. The third kappa shape index (κ3) is 4.02. The minimum absolute atomic E-state index is 0.161. The average molecular weight is 414 g/mol. The third-order valence-electron chi connectivity index (χ3n) is 5.07. The van der Waals surface area contributed by atoms with Crippen molar-refractivity contribution in [3.63, 3.8) is 0 Å². The summed E-state index contributed by atoms with van der Waals surface area (Å²) in [5, 5.41) is 8.12. The molecule has 1 amide bonds. The largest absolute Gasteiger partial charge is 0.462 e. The number of carbonyl (C=O) groups is 2. The van der Waals surface area contributed by atoms with Crippen molar-refractivity contribution in [3.8, 4) is 5.82 Å². The van der Waals surface area contributed by atoms with Gasteiger partial charge in [0.05, 0.1) is 18.3 Å². The summed E-state index contributed by atoms with van der Waals surface area (Å²) < 4.78 is 6.59. The summed E-state index contributed by atoms with van der Waals surface area (Å²) >= 11 is 0. The smallest absolute Gasteiger partial charge is 0.343 e. The maximum atomic E-state index is 13.0. The highest BCUT2D eigenvalue weighted by molar-refractivity contribution is 6.07. The summed E-state index contributed by atoms with van der Waals surface area (Å²) in [7, 11) is 0. The second-order valence-corrected chi connectivity index (χ2v) is 7.15. The van der Waals surface area contributed by atoms with E-state index in [0.717, 1.165) is 22.0 Å². The molecule has 0 spiro atoms. The van der Waals surface area contributed by atoms with Gasteiger partial charge >= 0.3 is 5.97 Å². The molecule has 2 aromatic heterocycles. The molecule has 0 aliphatic rings. The molecule has 0 radical (unpaired) electrons. The number of hydrogen-bond acceptors (Lipinski definition) is 5. The molecule has 2 heterocycles. The highest BCUT2D eigenvalue weighted by Gasteiger charge is 2.23. The molecule has 7 nitrogen and oxygen atoms in total. The van der Waals surface area contributed by atoms with Gasteiger partial charge in [0.15, 0.2) is 11.6 Å². The molecule has 0 aliphatic carbocycles. The lowest BCUT2D eigenvalue weighted by atomic mass is 10.1. The van der Waals surface area contributed by atoms with Crippen LogP contribution < -0.4 is 5.32 Å². The van der Waals surface area contributed by atoms with Crippen LogP contribution in [0, 0.1) is 13.8 Å². The summed E-state index contributed by atoms with van der Waals surface area (Å²) in [6.07, 6.45) is 1.38. The summed E-state index contributed by atoms with van der Waals surface area (Å²) in [6, 6.07) is 16.8. The van der Waals surface area contributed by atoms with Crippen LogP contribution in [0.5, 0.6) is 0 Å². The Morgan fingerprint density at radius 1 is 1.03 bits per heavy atom. The van der Waals surface area contributed by atoms with Gasteiger partial charge in [-0.1, -0.05) is 24.3 Å². The van der Waals surface area contributed by atoms with E-state index in [1.807, 2.05) is 56.3 Å². The third-order valence-corrected chi connectivity index (χ3v) is 5.07. The van der Waals surface area contributed by atoms with E-state index >= 15 is 0 Å². The normalized spacial score (nSPS) is 10.8. The molecular weight excluding hydrogens is 392 g/mol. The molecule has 7 heteroatoms. The number of pyridine rings is 1. The second-order valence-electron chi connectivity index (χ2n) is 7.15. The van der Waals surface area contributed by atoms with Gasteiger partial charge in [-0.2, -0.15) is 9.78 Å². The molecule has 31 heavy (non-hydrogen) atoms. The van der Waals surface area contributed by atoms with Gasteiger partial charge in [-0.3, -0.25) is 4.79 Å². The zero-order chi connectivity index (χ0) is 22.0. The van der Waals surface area contributed by atoms with E-state index in [9.17, 15) is 9.59 Å². The molecule has 0 fully saturated rings. The number of aromatic nitrogens is 3. The number of para-hydroxylation sites is 1. The number of rotatable bonds is 5. The fourth-order valence-electron chi connectivity index (χ4n) is 3.24. The van der Waals surface area contributed by atoms with Crippen molar-refractivity contribution in [2.75, 3.05) is 11.9 Å². The highest BCUT2D eigenvalue weighted by Crippen LogP contribution is 2.23. The first-order chi connectivity index (χ1) is 15.0. The Morgan fingerprint density at radius 3 is 2.61 bits per heavy atom. The summed E-state index contributed by atoms with van der Waals surface area (Å²) in [5.74, 6) is -0.227. The zero-order valence-electron chi connectivity index (χ0n) is 17.5. The molecule has 0 unspecified atom stereocenters. The Labute approximate surface area is 179 Å². The molecule has 156 valence electrons. The van der Waals surface area contributed by atoms with Crippen LogP contribution in [-0.2, 0) is 4.74 Å². The SMILES string of the molecule is CCOC(=O)c1cnn(-c2ccc3ccccc3n2)c1NC(=O)c1ccc(C)c(C)c1. The number of nitrogens with zero attached hydrogens (tertiary/aromatic N) is 3. The lowest BCUT2D eigenvalue weighted by molar-refractivity contribution is 0.0527. The Kier molecular flexibility index (Phi) is 5.49. The monoisotopic (exact) mass is 414 g/mol. The predicted octanol–water partition coefficient (Wildman–Crippen LogP) is 4.47. The van der Waals surface area contributed by atoms with Crippen molar-refractivity contribution >= 4 is 28.6 Å². The van der Waals surface area contributed by atoms with Gasteiger partial charge in [-0.15, -0.1) is 0 Å². The minimum Gasteiger partial charge on any atom is -0.462 e. The van der Waals surface area contributed by atoms with Crippen LogP contribution in [-0.4, -0.2) is 33.2 Å². The molecule has 0 bridgehead atoms. The summed E-state index contributed by atoms with van der Waals surface area (Å²) in [5.41, 5.74) is 3.52. The minimum atomic E-state index is -0.565. The number of esters is 1. The molecule has 0 saturated carbocycles. The Balaban J connectivity index is 1.77. The maximum Gasteiger partial charge on any atom is 0.343 e. The van der Waals surface area contributed by atoms with Crippen molar-refractivity contribution in [2.24, 2.45) is 0 Å². The predicted molar refractivity (Wildman–Crippen MR) is 119 cm³/mol. The quantitative estimate of drug-likeness (QED) is 0.487. The number of anilines is 1. The molecule has 1 N–H and O–H groups in total.